The van der Waals surface area contributed by atoms with Gasteiger partial charge in [0.05, 0.1) is 6.61 Å². The molecule has 0 saturated heterocycles. The molecule has 4 heteroatoms. The lowest BCUT2D eigenvalue weighted by atomic mass is 10.2. The normalized spacial score (nSPS) is 15.7. The zero-order valence-corrected chi connectivity index (χ0v) is 10.7. The van der Waals surface area contributed by atoms with E-state index in [0.717, 1.165) is 31.5 Å². The summed E-state index contributed by atoms with van der Waals surface area (Å²) in [6, 6.07) is 0.761. The molecule has 1 aromatic rings. The maximum absolute atomic E-state index is 9.00. The zero-order chi connectivity index (χ0) is 12.1. The molecule has 0 aromatic carbocycles. The lowest BCUT2D eigenvalue weighted by molar-refractivity contribution is 0.186. The summed E-state index contributed by atoms with van der Waals surface area (Å²) in [5, 5.41) is 9.00. The van der Waals surface area contributed by atoms with Crippen molar-refractivity contribution in [2.75, 3.05) is 19.7 Å². The van der Waals surface area contributed by atoms with Gasteiger partial charge < -0.3 is 9.67 Å². The minimum absolute atomic E-state index is 0.289. The topological polar surface area (TPSA) is 41.3 Å². The Bertz CT molecular complexity index is 333. The van der Waals surface area contributed by atoms with Crippen LogP contribution in [0.1, 0.15) is 31.5 Å². The Balaban J connectivity index is 1.63. The van der Waals surface area contributed by atoms with Gasteiger partial charge in [0.1, 0.15) is 5.82 Å². The van der Waals surface area contributed by atoms with E-state index in [1.54, 1.807) is 0 Å². The standard InChI is InChI=1S/C13H23N3O/c1-12-14-6-9-15(12)7-2-3-8-16(10-11-17)13-4-5-13/h6,9,13,17H,2-5,7-8,10-11H2,1H3. The molecular weight excluding hydrogens is 214 g/mol. The molecule has 2 rings (SSSR count). The minimum atomic E-state index is 0.289. The number of hydrogen-bond donors (Lipinski definition) is 1. The third-order valence-electron chi connectivity index (χ3n) is 3.47. The number of rotatable bonds is 8. The number of aromatic nitrogens is 2. The first-order valence-electron chi connectivity index (χ1n) is 6.64. The smallest absolute Gasteiger partial charge is 0.105 e. The van der Waals surface area contributed by atoms with Crippen LogP contribution in [0.3, 0.4) is 0 Å². The Hall–Kier alpha value is -0.870. The van der Waals surface area contributed by atoms with Crippen molar-refractivity contribution in [2.24, 2.45) is 0 Å². The van der Waals surface area contributed by atoms with E-state index in [-0.39, 0.29) is 6.61 Å². The first-order chi connectivity index (χ1) is 8.31. The largest absolute Gasteiger partial charge is 0.395 e. The van der Waals surface area contributed by atoms with E-state index in [1.165, 1.54) is 25.7 Å². The Kier molecular flexibility index (Phi) is 4.57. The summed E-state index contributed by atoms with van der Waals surface area (Å²) >= 11 is 0. The summed E-state index contributed by atoms with van der Waals surface area (Å²) in [6.07, 6.45) is 8.93. The van der Waals surface area contributed by atoms with Crippen molar-refractivity contribution in [3.63, 3.8) is 0 Å². The summed E-state index contributed by atoms with van der Waals surface area (Å²) in [5.74, 6) is 1.10. The first kappa shape index (κ1) is 12.6. The zero-order valence-electron chi connectivity index (χ0n) is 10.7. The Morgan fingerprint density at radius 2 is 2.24 bits per heavy atom. The molecule has 96 valence electrons. The molecule has 0 radical (unpaired) electrons. The molecule has 0 atom stereocenters. The van der Waals surface area contributed by atoms with Crippen molar-refractivity contribution in [1.82, 2.24) is 14.5 Å². The minimum Gasteiger partial charge on any atom is -0.395 e. The van der Waals surface area contributed by atoms with E-state index in [2.05, 4.69) is 14.5 Å². The van der Waals surface area contributed by atoms with Crippen LogP contribution in [0.15, 0.2) is 12.4 Å². The molecule has 1 heterocycles. The molecule has 0 unspecified atom stereocenters. The van der Waals surface area contributed by atoms with Gasteiger partial charge in [-0.25, -0.2) is 4.98 Å². The van der Waals surface area contributed by atoms with Gasteiger partial charge in [0.2, 0.25) is 0 Å². The van der Waals surface area contributed by atoms with E-state index in [1.807, 2.05) is 19.3 Å². The number of unbranched alkanes of at least 4 members (excludes halogenated alkanes) is 1. The monoisotopic (exact) mass is 237 g/mol. The van der Waals surface area contributed by atoms with E-state index >= 15 is 0 Å². The summed E-state index contributed by atoms with van der Waals surface area (Å²) in [4.78, 5) is 6.65. The van der Waals surface area contributed by atoms with Crippen LogP contribution in [0.2, 0.25) is 0 Å². The quantitative estimate of drug-likeness (QED) is 0.695. The fourth-order valence-corrected chi connectivity index (χ4v) is 2.28. The Morgan fingerprint density at radius 1 is 1.41 bits per heavy atom. The number of aryl methyl sites for hydroxylation is 2. The highest BCUT2D eigenvalue weighted by Crippen LogP contribution is 2.26. The van der Waals surface area contributed by atoms with Gasteiger partial charge >= 0.3 is 0 Å². The number of hydrogen-bond acceptors (Lipinski definition) is 3. The maximum atomic E-state index is 9.00. The second-order valence-electron chi connectivity index (χ2n) is 4.87. The number of imidazole rings is 1. The molecule has 0 spiro atoms. The lowest BCUT2D eigenvalue weighted by Crippen LogP contribution is -2.30. The van der Waals surface area contributed by atoms with E-state index in [4.69, 9.17) is 5.11 Å². The second-order valence-corrected chi connectivity index (χ2v) is 4.87. The molecule has 0 amide bonds. The number of aliphatic hydroxyl groups excluding tert-OH is 1. The molecule has 0 bridgehead atoms. The molecule has 4 nitrogen and oxygen atoms in total. The first-order valence-corrected chi connectivity index (χ1v) is 6.64. The van der Waals surface area contributed by atoms with Crippen LogP contribution in [0, 0.1) is 6.92 Å². The molecule has 17 heavy (non-hydrogen) atoms. The van der Waals surface area contributed by atoms with Crippen molar-refractivity contribution in [3.8, 4) is 0 Å². The highest BCUT2D eigenvalue weighted by molar-refractivity contribution is 4.88. The highest BCUT2D eigenvalue weighted by atomic mass is 16.3. The third kappa shape index (κ3) is 3.82. The number of nitrogens with zero attached hydrogens (tertiary/aromatic N) is 3. The van der Waals surface area contributed by atoms with Crippen LogP contribution in [0.4, 0.5) is 0 Å². The molecular formula is C13H23N3O. The van der Waals surface area contributed by atoms with Gasteiger partial charge in [-0.15, -0.1) is 0 Å². The number of aliphatic hydroxyl groups is 1. The summed E-state index contributed by atoms with van der Waals surface area (Å²) in [5.41, 5.74) is 0. The van der Waals surface area contributed by atoms with E-state index in [0.29, 0.717) is 0 Å². The average molecular weight is 237 g/mol. The summed E-state index contributed by atoms with van der Waals surface area (Å²) in [7, 11) is 0. The van der Waals surface area contributed by atoms with Gasteiger partial charge in [-0.1, -0.05) is 0 Å². The predicted molar refractivity (Wildman–Crippen MR) is 67.9 cm³/mol. The average Bonchev–Trinajstić information content (AvgIpc) is 3.08. The van der Waals surface area contributed by atoms with Gasteiger partial charge in [0, 0.05) is 31.5 Å². The van der Waals surface area contributed by atoms with Crippen LogP contribution in [0.5, 0.6) is 0 Å². The van der Waals surface area contributed by atoms with Gasteiger partial charge in [0.15, 0.2) is 0 Å². The van der Waals surface area contributed by atoms with E-state index in [9.17, 15) is 0 Å². The molecule has 1 saturated carbocycles. The van der Waals surface area contributed by atoms with Crippen LogP contribution < -0.4 is 0 Å². The molecule has 1 aromatic heterocycles. The van der Waals surface area contributed by atoms with Crippen LogP contribution in [-0.4, -0.2) is 45.3 Å². The van der Waals surface area contributed by atoms with Crippen LogP contribution >= 0.6 is 0 Å². The van der Waals surface area contributed by atoms with E-state index < -0.39 is 0 Å². The molecule has 1 fully saturated rings. The SMILES string of the molecule is Cc1nccn1CCCCN(CCO)C1CC1. The highest BCUT2D eigenvalue weighted by Gasteiger charge is 2.27. The lowest BCUT2D eigenvalue weighted by Gasteiger charge is -2.20. The van der Waals surface area contributed by atoms with Crippen LogP contribution in [-0.2, 0) is 6.54 Å². The molecule has 1 N–H and O–H groups in total. The second kappa shape index (κ2) is 6.17. The predicted octanol–water partition coefficient (Wildman–Crippen LogP) is 1.43. The Labute approximate surface area is 103 Å². The summed E-state index contributed by atoms with van der Waals surface area (Å²) < 4.78 is 2.20. The van der Waals surface area contributed by atoms with Crippen molar-refractivity contribution in [2.45, 2.75) is 45.2 Å². The van der Waals surface area contributed by atoms with Crippen molar-refractivity contribution < 1.29 is 5.11 Å². The molecule has 0 aliphatic heterocycles. The fraction of sp³-hybridized carbons (Fsp3) is 0.769. The third-order valence-corrected chi connectivity index (χ3v) is 3.47. The van der Waals surface area contributed by atoms with Crippen molar-refractivity contribution in [3.05, 3.63) is 18.2 Å². The Morgan fingerprint density at radius 3 is 2.82 bits per heavy atom. The summed E-state index contributed by atoms with van der Waals surface area (Å²) in [6.45, 7) is 5.36. The maximum Gasteiger partial charge on any atom is 0.105 e. The molecule has 1 aliphatic rings. The van der Waals surface area contributed by atoms with Gasteiger partial charge in [0.25, 0.3) is 0 Å². The van der Waals surface area contributed by atoms with Crippen LogP contribution in [0.25, 0.3) is 0 Å². The van der Waals surface area contributed by atoms with Crippen molar-refractivity contribution >= 4 is 0 Å². The van der Waals surface area contributed by atoms with Crippen molar-refractivity contribution in [1.29, 1.82) is 0 Å². The van der Waals surface area contributed by atoms with Gasteiger partial charge in [-0.05, 0) is 39.2 Å². The fourth-order valence-electron chi connectivity index (χ4n) is 2.28. The van der Waals surface area contributed by atoms with Gasteiger partial charge in [-0.2, -0.15) is 0 Å². The molecule has 1 aliphatic carbocycles. The van der Waals surface area contributed by atoms with Gasteiger partial charge in [-0.3, -0.25) is 4.90 Å².